The summed E-state index contributed by atoms with van der Waals surface area (Å²) in [5, 5.41) is 12.3. The van der Waals surface area contributed by atoms with E-state index in [9.17, 15) is 14.7 Å². The number of β-amino-alcohol motifs (C(OH)–C–C–N with tert-alkyl or cyclic N) is 1. The predicted octanol–water partition coefficient (Wildman–Crippen LogP) is 1.23. The maximum atomic E-state index is 12.7. The van der Waals surface area contributed by atoms with Crippen LogP contribution in [0.5, 0.6) is 5.75 Å². The highest BCUT2D eigenvalue weighted by atomic mass is 16.5. The average Bonchev–Trinajstić information content (AvgIpc) is 2.61. The molecule has 1 atom stereocenters. The van der Waals surface area contributed by atoms with Gasteiger partial charge >= 0.3 is 0 Å². The highest BCUT2D eigenvalue weighted by Crippen LogP contribution is 2.26. The number of nitrogens with zero attached hydrogens (tertiary/aromatic N) is 1. The van der Waals surface area contributed by atoms with Crippen molar-refractivity contribution in [2.45, 2.75) is 24.9 Å². The van der Waals surface area contributed by atoms with Crippen LogP contribution in [-0.4, -0.2) is 47.6 Å². The first-order valence-electron chi connectivity index (χ1n) is 8.29. The van der Waals surface area contributed by atoms with Crippen molar-refractivity contribution in [1.82, 2.24) is 4.90 Å². The number of methoxy groups -OCH3 is 1. The first-order chi connectivity index (χ1) is 11.9. The van der Waals surface area contributed by atoms with Gasteiger partial charge in [-0.3, -0.25) is 9.59 Å². The number of rotatable bonds is 4. The SMILES string of the molecule is COc1ccc2cccc(CC(=O)N3CCC[C@](O)(C(N)=O)C3)c2c1. The number of benzene rings is 2. The Bertz CT molecular complexity index is 820. The Morgan fingerprint density at radius 2 is 2.12 bits per heavy atom. The summed E-state index contributed by atoms with van der Waals surface area (Å²) in [7, 11) is 1.60. The summed E-state index contributed by atoms with van der Waals surface area (Å²) in [6.45, 7) is 0.470. The number of carbonyl (C=O) groups excluding carboxylic acids is 2. The lowest BCUT2D eigenvalue weighted by molar-refractivity contribution is -0.148. The molecule has 6 heteroatoms. The minimum Gasteiger partial charge on any atom is -0.497 e. The van der Waals surface area contributed by atoms with Gasteiger partial charge in [0.25, 0.3) is 5.91 Å². The molecule has 2 amide bonds. The molecule has 2 aromatic rings. The summed E-state index contributed by atoms with van der Waals surface area (Å²) in [6, 6.07) is 11.5. The third kappa shape index (κ3) is 3.44. The molecule has 0 spiro atoms. The lowest BCUT2D eigenvalue weighted by Gasteiger charge is -2.37. The number of piperidine rings is 1. The standard InChI is InChI=1S/C19H22N2O4/c1-25-15-7-6-13-4-2-5-14(16(13)11-15)10-17(22)21-9-3-8-19(24,12-21)18(20)23/h2,4-7,11,24H,3,8-10,12H2,1H3,(H2,20,23)/t19-/m1/s1. The van der Waals surface area contributed by atoms with Gasteiger partial charge in [0.05, 0.1) is 20.1 Å². The number of hydrogen-bond donors (Lipinski definition) is 2. The molecule has 1 saturated heterocycles. The molecule has 25 heavy (non-hydrogen) atoms. The Kier molecular flexibility index (Phi) is 4.63. The van der Waals surface area contributed by atoms with E-state index in [1.807, 2.05) is 36.4 Å². The highest BCUT2D eigenvalue weighted by molar-refractivity contribution is 5.91. The smallest absolute Gasteiger partial charge is 0.251 e. The topological polar surface area (TPSA) is 92.9 Å². The second-order valence-electron chi connectivity index (χ2n) is 6.50. The summed E-state index contributed by atoms with van der Waals surface area (Å²) < 4.78 is 5.27. The number of primary amides is 1. The number of ether oxygens (including phenoxy) is 1. The van der Waals surface area contributed by atoms with Gasteiger partial charge in [-0.25, -0.2) is 0 Å². The van der Waals surface area contributed by atoms with E-state index in [0.717, 1.165) is 22.1 Å². The van der Waals surface area contributed by atoms with Crippen LogP contribution in [0.2, 0.25) is 0 Å². The third-order valence-electron chi connectivity index (χ3n) is 4.80. The van der Waals surface area contributed by atoms with Gasteiger partial charge in [-0.05, 0) is 41.3 Å². The van der Waals surface area contributed by atoms with Crippen LogP contribution in [0.15, 0.2) is 36.4 Å². The van der Waals surface area contributed by atoms with E-state index in [1.54, 1.807) is 7.11 Å². The first kappa shape index (κ1) is 17.2. The quantitative estimate of drug-likeness (QED) is 0.874. The number of hydrogen-bond acceptors (Lipinski definition) is 4. The van der Waals surface area contributed by atoms with Gasteiger partial charge in [0, 0.05) is 6.54 Å². The van der Waals surface area contributed by atoms with E-state index in [4.69, 9.17) is 10.5 Å². The first-order valence-corrected chi connectivity index (χ1v) is 8.29. The number of carbonyl (C=O) groups is 2. The lowest BCUT2D eigenvalue weighted by atomic mass is 9.91. The number of likely N-dealkylation sites (tertiary alicyclic amines) is 1. The Hall–Kier alpha value is -2.60. The summed E-state index contributed by atoms with van der Waals surface area (Å²) in [4.78, 5) is 25.7. The maximum absolute atomic E-state index is 12.7. The van der Waals surface area contributed by atoms with Gasteiger partial charge in [0.1, 0.15) is 5.75 Å². The zero-order valence-electron chi connectivity index (χ0n) is 14.2. The van der Waals surface area contributed by atoms with Crippen LogP contribution in [0.3, 0.4) is 0 Å². The van der Waals surface area contributed by atoms with Crippen molar-refractivity contribution in [3.05, 3.63) is 42.0 Å². The zero-order valence-corrected chi connectivity index (χ0v) is 14.2. The number of aliphatic hydroxyl groups is 1. The van der Waals surface area contributed by atoms with Crippen LogP contribution in [0, 0.1) is 0 Å². The molecule has 2 aromatic carbocycles. The second kappa shape index (κ2) is 6.72. The molecule has 6 nitrogen and oxygen atoms in total. The third-order valence-corrected chi connectivity index (χ3v) is 4.80. The van der Waals surface area contributed by atoms with E-state index in [-0.39, 0.29) is 25.3 Å². The van der Waals surface area contributed by atoms with Crippen molar-refractivity contribution in [3.63, 3.8) is 0 Å². The van der Waals surface area contributed by atoms with E-state index >= 15 is 0 Å². The van der Waals surface area contributed by atoms with E-state index in [2.05, 4.69) is 0 Å². The van der Waals surface area contributed by atoms with Crippen molar-refractivity contribution in [2.24, 2.45) is 5.73 Å². The Morgan fingerprint density at radius 1 is 1.32 bits per heavy atom. The fourth-order valence-corrected chi connectivity index (χ4v) is 3.32. The molecular formula is C19H22N2O4. The molecule has 1 fully saturated rings. The van der Waals surface area contributed by atoms with Crippen molar-refractivity contribution >= 4 is 22.6 Å². The summed E-state index contributed by atoms with van der Waals surface area (Å²) in [5.74, 6) is -0.178. The molecule has 132 valence electrons. The van der Waals surface area contributed by atoms with Gasteiger partial charge in [-0.15, -0.1) is 0 Å². The molecule has 0 aromatic heterocycles. The molecular weight excluding hydrogens is 320 g/mol. The van der Waals surface area contributed by atoms with E-state index in [1.165, 1.54) is 4.90 Å². The van der Waals surface area contributed by atoms with Crippen LogP contribution in [0.4, 0.5) is 0 Å². The summed E-state index contributed by atoms with van der Waals surface area (Å²) in [6.07, 6.45) is 1.03. The fourth-order valence-electron chi connectivity index (χ4n) is 3.32. The Labute approximate surface area is 146 Å². The van der Waals surface area contributed by atoms with E-state index < -0.39 is 11.5 Å². The number of nitrogens with two attached hydrogens (primary N) is 1. The van der Waals surface area contributed by atoms with Gasteiger partial charge in [-0.1, -0.05) is 24.3 Å². The second-order valence-corrected chi connectivity index (χ2v) is 6.50. The molecule has 1 aliphatic heterocycles. The number of amides is 2. The van der Waals surface area contributed by atoms with Crippen molar-refractivity contribution < 1.29 is 19.4 Å². The van der Waals surface area contributed by atoms with Crippen molar-refractivity contribution in [3.8, 4) is 5.75 Å². The lowest BCUT2D eigenvalue weighted by Crippen LogP contribution is -2.57. The van der Waals surface area contributed by atoms with Gasteiger partial charge in [-0.2, -0.15) is 0 Å². The monoisotopic (exact) mass is 342 g/mol. The summed E-state index contributed by atoms with van der Waals surface area (Å²) >= 11 is 0. The normalized spacial score (nSPS) is 20.5. The fraction of sp³-hybridized carbons (Fsp3) is 0.368. The molecule has 1 heterocycles. The average molecular weight is 342 g/mol. The van der Waals surface area contributed by atoms with Gasteiger partial charge in [0.2, 0.25) is 5.91 Å². The van der Waals surface area contributed by atoms with Gasteiger partial charge < -0.3 is 20.5 Å². The van der Waals surface area contributed by atoms with Crippen LogP contribution in [0.25, 0.3) is 10.8 Å². The van der Waals surface area contributed by atoms with Crippen LogP contribution in [0.1, 0.15) is 18.4 Å². The largest absolute Gasteiger partial charge is 0.497 e. The highest BCUT2D eigenvalue weighted by Gasteiger charge is 2.40. The van der Waals surface area contributed by atoms with Crippen LogP contribution in [-0.2, 0) is 16.0 Å². The summed E-state index contributed by atoms with van der Waals surface area (Å²) in [5.41, 5.74) is 4.54. The molecule has 3 N–H and O–H groups in total. The molecule has 1 aliphatic rings. The molecule has 0 bridgehead atoms. The van der Waals surface area contributed by atoms with Crippen molar-refractivity contribution in [1.29, 1.82) is 0 Å². The Morgan fingerprint density at radius 3 is 2.84 bits per heavy atom. The maximum Gasteiger partial charge on any atom is 0.251 e. The molecule has 0 unspecified atom stereocenters. The minimum atomic E-state index is -1.63. The molecule has 0 aliphatic carbocycles. The zero-order chi connectivity index (χ0) is 18.0. The van der Waals surface area contributed by atoms with Crippen molar-refractivity contribution in [2.75, 3.05) is 20.2 Å². The molecule has 3 rings (SSSR count). The van der Waals surface area contributed by atoms with Crippen LogP contribution < -0.4 is 10.5 Å². The minimum absolute atomic E-state index is 0.0464. The molecule has 0 saturated carbocycles. The molecule has 0 radical (unpaired) electrons. The van der Waals surface area contributed by atoms with E-state index in [0.29, 0.717) is 13.0 Å². The predicted molar refractivity (Wildman–Crippen MR) is 94.2 cm³/mol. The Balaban J connectivity index is 1.83. The van der Waals surface area contributed by atoms with Crippen LogP contribution >= 0.6 is 0 Å². The van der Waals surface area contributed by atoms with Gasteiger partial charge in [0.15, 0.2) is 5.60 Å². The number of fused-ring (bicyclic) bond motifs is 1.